The van der Waals surface area contributed by atoms with Crippen molar-refractivity contribution in [3.8, 4) is 5.75 Å². The maximum atomic E-state index is 10.4. The molecule has 148 valence electrons. The number of carbonyl (C=O) groups excluding carboxylic acids is 1. The first-order chi connectivity index (χ1) is 14.4. The van der Waals surface area contributed by atoms with Gasteiger partial charge in [-0.15, -0.1) is 0 Å². The molecule has 0 aromatic heterocycles. The lowest BCUT2D eigenvalue weighted by atomic mass is 9.69. The summed E-state index contributed by atoms with van der Waals surface area (Å²) in [6.45, 7) is 0.659. The minimum atomic E-state index is 0.365. The van der Waals surface area contributed by atoms with Crippen molar-refractivity contribution in [1.82, 2.24) is 0 Å². The molecule has 2 atom stereocenters. The van der Waals surface area contributed by atoms with Crippen LogP contribution in [0.3, 0.4) is 0 Å². The summed E-state index contributed by atoms with van der Waals surface area (Å²) in [5.41, 5.74) is 5.69. The number of rotatable bonds is 8. The summed E-state index contributed by atoms with van der Waals surface area (Å²) in [4.78, 5) is 10.4. The van der Waals surface area contributed by atoms with E-state index in [1.54, 1.807) is 0 Å². The Balaban J connectivity index is 1.57. The molecule has 2 heteroatoms. The Hall–Kier alpha value is -2.87. The van der Waals surface area contributed by atoms with Crippen molar-refractivity contribution in [2.45, 2.75) is 43.9 Å². The first-order valence-electron chi connectivity index (χ1n) is 10.7. The zero-order valence-corrected chi connectivity index (χ0v) is 16.8. The van der Waals surface area contributed by atoms with Crippen molar-refractivity contribution < 1.29 is 9.53 Å². The third-order valence-electron chi connectivity index (χ3n) is 5.97. The van der Waals surface area contributed by atoms with Gasteiger partial charge in [0.15, 0.2) is 0 Å². The van der Waals surface area contributed by atoms with Gasteiger partial charge in [0.05, 0.1) is 6.61 Å². The summed E-state index contributed by atoms with van der Waals surface area (Å²) in [5, 5.41) is 0. The molecule has 0 N–H and O–H groups in total. The van der Waals surface area contributed by atoms with Crippen molar-refractivity contribution in [2.24, 2.45) is 0 Å². The Kier molecular flexibility index (Phi) is 6.41. The molecule has 0 saturated heterocycles. The van der Waals surface area contributed by atoms with Gasteiger partial charge in [-0.2, -0.15) is 0 Å². The van der Waals surface area contributed by atoms with Crippen LogP contribution in [0.1, 0.15) is 59.8 Å². The lowest BCUT2D eigenvalue weighted by Crippen LogP contribution is -2.20. The van der Waals surface area contributed by atoms with E-state index >= 15 is 0 Å². The Bertz CT molecular complexity index is 915. The van der Waals surface area contributed by atoms with E-state index in [9.17, 15) is 4.79 Å². The molecule has 0 bridgehead atoms. The number of benzene rings is 3. The molecular weight excluding hydrogens is 356 g/mol. The van der Waals surface area contributed by atoms with E-state index in [0.717, 1.165) is 31.3 Å². The summed E-state index contributed by atoms with van der Waals surface area (Å²) >= 11 is 0. The lowest BCUT2D eigenvalue weighted by Gasteiger charge is -2.34. The summed E-state index contributed by atoms with van der Waals surface area (Å²) in [6, 6.07) is 28.4. The fourth-order valence-corrected chi connectivity index (χ4v) is 4.52. The number of hydrogen-bond acceptors (Lipinski definition) is 2. The van der Waals surface area contributed by atoms with Crippen molar-refractivity contribution in [3.63, 3.8) is 0 Å². The highest BCUT2D eigenvalue weighted by molar-refractivity contribution is 5.49. The second-order valence-electron chi connectivity index (χ2n) is 7.81. The molecule has 0 heterocycles. The molecule has 0 aliphatic heterocycles. The first-order valence-corrected chi connectivity index (χ1v) is 10.7. The van der Waals surface area contributed by atoms with E-state index in [2.05, 4.69) is 78.9 Å². The minimum Gasteiger partial charge on any atom is -0.494 e. The molecule has 2 unspecified atom stereocenters. The highest BCUT2D eigenvalue weighted by Crippen LogP contribution is 2.46. The van der Waals surface area contributed by atoms with Gasteiger partial charge >= 0.3 is 0 Å². The average molecular weight is 385 g/mol. The minimum absolute atomic E-state index is 0.365. The Morgan fingerprint density at radius 2 is 1.59 bits per heavy atom. The third kappa shape index (κ3) is 4.59. The third-order valence-corrected chi connectivity index (χ3v) is 5.97. The number of fused-ring (bicyclic) bond motifs is 1. The Morgan fingerprint density at radius 1 is 0.828 bits per heavy atom. The van der Waals surface area contributed by atoms with E-state index in [0.29, 0.717) is 24.9 Å². The molecule has 3 aromatic rings. The molecule has 0 fully saturated rings. The van der Waals surface area contributed by atoms with E-state index in [1.807, 2.05) is 0 Å². The zero-order chi connectivity index (χ0) is 19.9. The number of unbranched alkanes of at least 4 members (excludes halogenated alkanes) is 2. The molecule has 0 amide bonds. The number of ether oxygens (including phenoxy) is 1. The van der Waals surface area contributed by atoms with Crippen molar-refractivity contribution in [2.75, 3.05) is 6.61 Å². The molecule has 0 spiro atoms. The summed E-state index contributed by atoms with van der Waals surface area (Å²) in [5.74, 6) is 1.76. The Morgan fingerprint density at radius 3 is 2.38 bits per heavy atom. The molecule has 2 nitrogen and oxygen atoms in total. The van der Waals surface area contributed by atoms with Crippen LogP contribution in [0.2, 0.25) is 0 Å². The monoisotopic (exact) mass is 384 g/mol. The molecule has 1 aliphatic rings. The van der Waals surface area contributed by atoms with Crippen molar-refractivity contribution in [3.05, 3.63) is 101 Å². The fourth-order valence-electron chi connectivity index (χ4n) is 4.52. The van der Waals surface area contributed by atoms with E-state index in [1.165, 1.54) is 28.7 Å². The largest absolute Gasteiger partial charge is 0.494 e. The van der Waals surface area contributed by atoms with E-state index in [-0.39, 0.29) is 0 Å². The molecule has 0 saturated carbocycles. The zero-order valence-electron chi connectivity index (χ0n) is 16.8. The van der Waals surface area contributed by atoms with Gasteiger partial charge in [0, 0.05) is 12.3 Å². The normalized spacial score (nSPS) is 18.1. The Labute approximate surface area is 173 Å². The van der Waals surface area contributed by atoms with Gasteiger partial charge in [-0.1, -0.05) is 66.7 Å². The van der Waals surface area contributed by atoms with Crippen LogP contribution in [0.4, 0.5) is 0 Å². The van der Waals surface area contributed by atoms with Crippen molar-refractivity contribution in [1.29, 1.82) is 0 Å². The fraction of sp³-hybridized carbons (Fsp3) is 0.296. The highest BCUT2D eigenvalue weighted by atomic mass is 16.5. The van der Waals surface area contributed by atoms with Crippen LogP contribution < -0.4 is 4.74 Å². The number of aryl methyl sites for hydroxylation is 1. The number of hydrogen-bond donors (Lipinski definition) is 0. The van der Waals surface area contributed by atoms with E-state index < -0.39 is 0 Å². The van der Waals surface area contributed by atoms with Crippen LogP contribution in [0.25, 0.3) is 0 Å². The van der Waals surface area contributed by atoms with Crippen LogP contribution in [0.15, 0.2) is 78.9 Å². The van der Waals surface area contributed by atoms with Crippen LogP contribution in [-0.4, -0.2) is 12.9 Å². The first kappa shape index (κ1) is 19.4. The summed E-state index contributed by atoms with van der Waals surface area (Å²) in [7, 11) is 0. The van der Waals surface area contributed by atoms with Gasteiger partial charge in [-0.25, -0.2) is 0 Å². The predicted molar refractivity (Wildman–Crippen MR) is 118 cm³/mol. The molecule has 0 radical (unpaired) electrons. The molecular formula is C27H28O2. The van der Waals surface area contributed by atoms with Gasteiger partial charge in [0.1, 0.15) is 12.0 Å². The van der Waals surface area contributed by atoms with Crippen molar-refractivity contribution >= 4 is 6.29 Å². The number of aldehydes is 1. The summed E-state index contributed by atoms with van der Waals surface area (Å²) < 4.78 is 5.86. The number of carbonyl (C=O) groups is 1. The standard InChI is InChI=1S/C27H28O2/c28-19-7-2-8-20-29-24-16-13-23(14-17-24)27-25-12-6-5-11-22(25)15-18-26(27)21-9-3-1-4-10-21/h1,3-6,9-14,16-17,19,26-27H,2,7-8,15,18,20H2. The lowest BCUT2D eigenvalue weighted by molar-refractivity contribution is -0.107. The molecule has 1 aliphatic carbocycles. The van der Waals surface area contributed by atoms with E-state index in [4.69, 9.17) is 4.74 Å². The quantitative estimate of drug-likeness (QED) is 0.337. The van der Waals surface area contributed by atoms with Gasteiger partial charge in [0.25, 0.3) is 0 Å². The predicted octanol–water partition coefficient (Wildman–Crippen LogP) is 6.30. The van der Waals surface area contributed by atoms with Gasteiger partial charge in [-0.05, 0) is 66.0 Å². The second kappa shape index (κ2) is 9.56. The maximum Gasteiger partial charge on any atom is 0.119 e. The topological polar surface area (TPSA) is 26.3 Å². The maximum absolute atomic E-state index is 10.4. The SMILES string of the molecule is O=CCCCCOc1ccc(C2c3ccccc3CCC2c2ccccc2)cc1. The molecule has 3 aromatic carbocycles. The summed E-state index contributed by atoms with van der Waals surface area (Å²) in [6.07, 6.45) is 5.69. The van der Waals surface area contributed by atoms with Gasteiger partial charge in [0.2, 0.25) is 0 Å². The van der Waals surface area contributed by atoms with Gasteiger partial charge in [-0.3, -0.25) is 0 Å². The van der Waals surface area contributed by atoms with Crippen LogP contribution in [0, 0.1) is 0 Å². The highest BCUT2D eigenvalue weighted by Gasteiger charge is 2.31. The smallest absolute Gasteiger partial charge is 0.119 e. The second-order valence-corrected chi connectivity index (χ2v) is 7.81. The van der Waals surface area contributed by atoms with Crippen LogP contribution in [-0.2, 0) is 11.2 Å². The van der Waals surface area contributed by atoms with Crippen LogP contribution in [0.5, 0.6) is 5.75 Å². The molecule has 29 heavy (non-hydrogen) atoms. The average Bonchev–Trinajstić information content (AvgIpc) is 2.79. The molecule has 4 rings (SSSR count). The van der Waals surface area contributed by atoms with Crippen LogP contribution >= 0.6 is 0 Å². The van der Waals surface area contributed by atoms with Gasteiger partial charge < -0.3 is 9.53 Å².